The number of benzene rings is 1. The van der Waals surface area contributed by atoms with Crippen molar-refractivity contribution in [2.45, 2.75) is 31.2 Å². The summed E-state index contributed by atoms with van der Waals surface area (Å²) in [6, 6.07) is 11.2. The van der Waals surface area contributed by atoms with Gasteiger partial charge in [-0.15, -0.1) is 0 Å². The average molecular weight is 401 g/mol. The maximum Gasteiger partial charge on any atom is 0.274 e. The number of aliphatic imine (C=N–C) groups is 1. The Balaban J connectivity index is 1.63. The van der Waals surface area contributed by atoms with Crippen LogP contribution in [0.1, 0.15) is 41.7 Å². The Morgan fingerprint density at radius 1 is 1.30 bits per heavy atom. The van der Waals surface area contributed by atoms with E-state index in [-0.39, 0.29) is 11.4 Å². The molecule has 2 aliphatic rings. The maximum absolute atomic E-state index is 12.5. The van der Waals surface area contributed by atoms with Crippen LogP contribution in [0, 0.1) is 5.92 Å². The number of hydrogen-bond acceptors (Lipinski definition) is 5. The number of fused-ring (bicyclic) bond motifs is 1. The van der Waals surface area contributed by atoms with Gasteiger partial charge in [0, 0.05) is 17.6 Å². The van der Waals surface area contributed by atoms with Gasteiger partial charge in [0.2, 0.25) is 0 Å². The third kappa shape index (κ3) is 3.69. The molecule has 1 amide bonds. The Hall–Kier alpha value is -2.05. The van der Waals surface area contributed by atoms with E-state index in [1.807, 2.05) is 18.2 Å². The van der Waals surface area contributed by atoms with Gasteiger partial charge >= 0.3 is 0 Å². The highest BCUT2D eigenvalue weighted by Crippen LogP contribution is 2.49. The van der Waals surface area contributed by atoms with Gasteiger partial charge in [-0.05, 0) is 48.6 Å². The average Bonchev–Trinajstić information content (AvgIpc) is 2.68. The summed E-state index contributed by atoms with van der Waals surface area (Å²) < 4.78 is 0. The van der Waals surface area contributed by atoms with Gasteiger partial charge in [0.05, 0.1) is 10.6 Å². The number of hydrogen-bond donors (Lipinski definition) is 2. The summed E-state index contributed by atoms with van der Waals surface area (Å²) >= 11 is 7.49. The maximum atomic E-state index is 12.5. The molecule has 140 valence electrons. The molecule has 4 rings (SSSR count). The van der Waals surface area contributed by atoms with E-state index in [0.29, 0.717) is 21.8 Å². The van der Waals surface area contributed by atoms with Crippen molar-refractivity contribution in [2.24, 2.45) is 16.6 Å². The summed E-state index contributed by atoms with van der Waals surface area (Å²) in [4.78, 5) is 21.5. The summed E-state index contributed by atoms with van der Waals surface area (Å²) in [5.41, 5.74) is 8.01. The van der Waals surface area contributed by atoms with Crippen LogP contribution in [0.5, 0.6) is 0 Å². The van der Waals surface area contributed by atoms with Crippen LogP contribution in [0.2, 0.25) is 5.02 Å². The molecule has 2 atom stereocenters. The Morgan fingerprint density at radius 3 is 3.00 bits per heavy atom. The van der Waals surface area contributed by atoms with Crippen LogP contribution in [-0.2, 0) is 5.54 Å². The number of nitrogens with zero attached hydrogens (tertiary/aromatic N) is 2. The normalized spacial score (nSPS) is 24.6. The quantitative estimate of drug-likeness (QED) is 0.798. The third-order valence-corrected chi connectivity index (χ3v) is 6.54. The second-order valence-corrected chi connectivity index (χ2v) is 8.50. The monoisotopic (exact) mass is 400 g/mol. The fraction of sp³-hybridized carbons (Fsp3) is 0.350. The van der Waals surface area contributed by atoms with Crippen LogP contribution >= 0.6 is 23.4 Å². The summed E-state index contributed by atoms with van der Waals surface area (Å²) in [6.45, 7) is 0. The first kappa shape index (κ1) is 18.3. The Kier molecular flexibility index (Phi) is 5.10. The second-order valence-electron chi connectivity index (χ2n) is 7.02. The lowest BCUT2D eigenvalue weighted by atomic mass is 9.70. The number of aromatic nitrogens is 1. The van der Waals surface area contributed by atoms with Gasteiger partial charge in [0.15, 0.2) is 5.17 Å². The number of thioether (sulfide) groups is 1. The lowest BCUT2D eigenvalue weighted by molar-refractivity contribution is 0.102. The molecule has 0 radical (unpaired) electrons. The molecule has 5 nitrogen and oxygen atoms in total. The molecule has 0 saturated heterocycles. The highest BCUT2D eigenvalue weighted by molar-refractivity contribution is 8.13. The smallest absolute Gasteiger partial charge is 0.274 e. The van der Waals surface area contributed by atoms with E-state index in [9.17, 15) is 4.79 Å². The van der Waals surface area contributed by atoms with E-state index in [1.165, 1.54) is 12.6 Å². The number of nitrogens with one attached hydrogen (secondary N) is 1. The zero-order valence-electron chi connectivity index (χ0n) is 14.8. The largest absolute Gasteiger partial charge is 0.379 e. The van der Waals surface area contributed by atoms with Gasteiger partial charge < -0.3 is 11.1 Å². The highest BCUT2D eigenvalue weighted by Gasteiger charge is 2.44. The summed E-state index contributed by atoms with van der Waals surface area (Å²) in [7, 11) is 0. The topological polar surface area (TPSA) is 80.4 Å². The first-order valence-electron chi connectivity index (χ1n) is 9.08. The van der Waals surface area contributed by atoms with Gasteiger partial charge in [0.25, 0.3) is 5.91 Å². The lowest BCUT2D eigenvalue weighted by Crippen LogP contribution is -2.42. The molecule has 1 aromatic heterocycles. The molecule has 0 spiro atoms. The van der Waals surface area contributed by atoms with Crippen LogP contribution in [0.25, 0.3) is 0 Å². The van der Waals surface area contributed by atoms with Crippen LogP contribution < -0.4 is 11.1 Å². The third-order valence-electron chi connectivity index (χ3n) is 5.36. The minimum absolute atomic E-state index is 0.260. The van der Waals surface area contributed by atoms with Crippen LogP contribution in [0.3, 0.4) is 0 Å². The Morgan fingerprint density at radius 2 is 2.19 bits per heavy atom. The van der Waals surface area contributed by atoms with E-state index < -0.39 is 0 Å². The first-order valence-corrected chi connectivity index (χ1v) is 10.4. The van der Waals surface area contributed by atoms with Crippen molar-refractivity contribution >= 4 is 40.1 Å². The zero-order valence-corrected chi connectivity index (χ0v) is 16.4. The lowest BCUT2D eigenvalue weighted by Gasteiger charge is -2.44. The molecule has 1 aliphatic heterocycles. The highest BCUT2D eigenvalue weighted by atomic mass is 35.5. The molecule has 1 saturated carbocycles. The van der Waals surface area contributed by atoms with Crippen LogP contribution in [-0.4, -0.2) is 21.8 Å². The predicted octanol–water partition coefficient (Wildman–Crippen LogP) is 4.43. The number of amides is 1. The number of carbonyl (C=O) groups is 1. The molecular formula is C20H21ClN4OS. The molecule has 1 aliphatic carbocycles. The van der Waals surface area contributed by atoms with E-state index >= 15 is 0 Å². The molecule has 1 aromatic carbocycles. The number of anilines is 1. The summed E-state index contributed by atoms with van der Waals surface area (Å²) in [6.07, 6.45) is 6.00. The number of nitrogens with two attached hydrogens (primary N) is 1. The predicted molar refractivity (Wildman–Crippen MR) is 111 cm³/mol. The van der Waals surface area contributed by atoms with E-state index in [1.54, 1.807) is 23.9 Å². The van der Waals surface area contributed by atoms with Gasteiger partial charge in [-0.1, -0.05) is 48.3 Å². The van der Waals surface area contributed by atoms with Crippen molar-refractivity contribution in [2.75, 3.05) is 11.1 Å². The molecule has 3 N–H and O–H groups in total. The van der Waals surface area contributed by atoms with Crippen molar-refractivity contribution < 1.29 is 4.79 Å². The van der Waals surface area contributed by atoms with Crippen molar-refractivity contribution in [1.29, 1.82) is 0 Å². The van der Waals surface area contributed by atoms with Crippen molar-refractivity contribution in [3.8, 4) is 0 Å². The molecule has 27 heavy (non-hydrogen) atoms. The van der Waals surface area contributed by atoms with Gasteiger partial charge in [-0.3, -0.25) is 9.79 Å². The number of amidine groups is 1. The van der Waals surface area contributed by atoms with Crippen LogP contribution in [0.15, 0.2) is 47.6 Å². The zero-order chi connectivity index (χ0) is 18.9. The van der Waals surface area contributed by atoms with Gasteiger partial charge in [-0.25, -0.2) is 4.98 Å². The van der Waals surface area contributed by atoms with Gasteiger partial charge in [-0.2, -0.15) is 0 Å². The second kappa shape index (κ2) is 7.52. The molecule has 2 heterocycles. The SMILES string of the molecule is NC1=N[C@@]2(c3cccc(NC(=O)c4ccc(Cl)cn4)c3)CCCC[C@H]2CS1. The fourth-order valence-corrected chi connectivity index (χ4v) is 5.18. The molecular weight excluding hydrogens is 380 g/mol. The van der Waals surface area contributed by atoms with Crippen LogP contribution in [0.4, 0.5) is 5.69 Å². The van der Waals surface area contributed by atoms with Crippen molar-refractivity contribution in [1.82, 2.24) is 4.98 Å². The molecule has 1 fully saturated rings. The Labute approximate surface area is 167 Å². The van der Waals surface area contributed by atoms with Gasteiger partial charge in [0.1, 0.15) is 5.69 Å². The minimum Gasteiger partial charge on any atom is -0.379 e. The fourth-order valence-electron chi connectivity index (χ4n) is 4.03. The minimum atomic E-state index is -0.271. The van der Waals surface area contributed by atoms with E-state index in [2.05, 4.69) is 16.4 Å². The molecule has 0 unspecified atom stereocenters. The van der Waals surface area contributed by atoms with Crippen molar-refractivity contribution in [3.63, 3.8) is 0 Å². The molecule has 0 bridgehead atoms. The van der Waals surface area contributed by atoms with E-state index in [0.717, 1.165) is 36.3 Å². The summed E-state index contributed by atoms with van der Waals surface area (Å²) in [5, 5.41) is 4.09. The molecule has 7 heteroatoms. The molecule has 2 aromatic rings. The standard InChI is InChI=1S/C20H21ClN4OS/c21-15-7-8-17(23-11-15)18(26)24-16-6-3-5-13(10-16)20-9-2-1-4-14(20)12-27-19(22)25-20/h3,5-8,10-11,14H,1-2,4,9,12H2,(H2,22,25)(H,24,26)/t14-,20+/m0/s1. The van der Waals surface area contributed by atoms with Crippen molar-refractivity contribution in [3.05, 3.63) is 58.9 Å². The number of halogens is 1. The number of rotatable bonds is 3. The number of pyridine rings is 1. The first-order chi connectivity index (χ1) is 13.1. The Bertz CT molecular complexity index is 886. The summed E-state index contributed by atoms with van der Waals surface area (Å²) in [5.74, 6) is 1.22. The van der Waals surface area contributed by atoms with E-state index in [4.69, 9.17) is 22.3 Å². The number of carbonyl (C=O) groups excluding carboxylic acids is 1.